The molecule has 1 aliphatic carbocycles. The van der Waals surface area contributed by atoms with Crippen LogP contribution in [0.4, 0.5) is 0 Å². The average Bonchev–Trinajstić information content (AvgIpc) is 3.87. The van der Waals surface area contributed by atoms with E-state index >= 15 is 0 Å². The Labute approximate surface area is 338 Å². The predicted molar refractivity (Wildman–Crippen MR) is 242 cm³/mol. The minimum absolute atomic E-state index is 0.603. The zero-order valence-corrected chi connectivity index (χ0v) is 32.1. The second-order valence-electron chi connectivity index (χ2n) is 15.0. The smallest absolute Gasteiger partial charge is 0.164 e. The molecular weight excluding hydrogens is 727 g/mol. The lowest BCUT2D eigenvalue weighted by Gasteiger charge is -2.17. The van der Waals surface area contributed by atoms with Gasteiger partial charge in [0.15, 0.2) is 17.5 Å². The highest BCUT2D eigenvalue weighted by molar-refractivity contribution is 7.26. The topological polar surface area (TPSA) is 51.8 Å². The Bertz CT molecular complexity index is 3470. The van der Waals surface area contributed by atoms with Crippen LogP contribution in [0.3, 0.4) is 0 Å². The van der Waals surface area contributed by atoms with Crippen LogP contribution < -0.4 is 0 Å². The first-order valence-electron chi connectivity index (χ1n) is 19.7. The molecule has 0 N–H and O–H groups in total. The molecule has 0 fully saturated rings. The first-order chi connectivity index (χ1) is 28.7. The molecule has 0 unspecified atom stereocenters. The van der Waals surface area contributed by atoms with Crippen LogP contribution in [0.25, 0.3) is 115 Å². The van der Waals surface area contributed by atoms with Crippen LogP contribution in [0.5, 0.6) is 0 Å². The second kappa shape index (κ2) is 13.2. The Morgan fingerprint density at radius 1 is 0.448 bits per heavy atom. The number of hydrogen-bond acceptors (Lipinski definition) is 5. The molecule has 0 radical (unpaired) electrons. The van der Waals surface area contributed by atoms with Gasteiger partial charge in [-0.1, -0.05) is 140 Å². The van der Waals surface area contributed by atoms with E-state index in [0.29, 0.717) is 17.5 Å². The molecule has 0 spiro atoms. The molecule has 272 valence electrons. The summed E-state index contributed by atoms with van der Waals surface area (Å²) in [6, 6.07) is 57.9. The molecule has 3 heterocycles. The van der Waals surface area contributed by atoms with E-state index in [9.17, 15) is 0 Å². The molecule has 0 bridgehead atoms. The Morgan fingerprint density at radius 2 is 1.14 bits per heavy atom. The molecule has 0 aliphatic heterocycles. The molecule has 12 rings (SSSR count). The number of aryl methyl sites for hydroxylation is 1. The van der Waals surface area contributed by atoms with Crippen molar-refractivity contribution in [1.29, 1.82) is 0 Å². The molecule has 0 saturated heterocycles. The lowest BCUT2D eigenvalue weighted by Crippen LogP contribution is -2.00. The first kappa shape index (κ1) is 33.0. The first-order valence-corrected chi connectivity index (χ1v) is 20.5. The summed E-state index contributed by atoms with van der Waals surface area (Å²) in [6.07, 6.45) is 6.70. The Kier molecular flexibility index (Phi) is 7.50. The van der Waals surface area contributed by atoms with Crippen molar-refractivity contribution < 1.29 is 4.42 Å². The maximum absolute atomic E-state index is 6.67. The van der Waals surface area contributed by atoms with Gasteiger partial charge >= 0.3 is 0 Å². The van der Waals surface area contributed by atoms with Crippen molar-refractivity contribution in [3.63, 3.8) is 0 Å². The van der Waals surface area contributed by atoms with Gasteiger partial charge in [-0.25, -0.2) is 15.0 Å². The number of allylic oxidation sites excluding steroid dienone is 1. The zero-order valence-electron chi connectivity index (χ0n) is 31.3. The molecule has 3 aromatic heterocycles. The lowest BCUT2D eigenvalue weighted by atomic mass is 9.87. The highest BCUT2D eigenvalue weighted by atomic mass is 32.1. The van der Waals surface area contributed by atoms with Gasteiger partial charge in [0.25, 0.3) is 0 Å². The van der Waals surface area contributed by atoms with Crippen LogP contribution in [0, 0.1) is 0 Å². The van der Waals surface area contributed by atoms with Crippen molar-refractivity contribution in [2.24, 2.45) is 0 Å². The van der Waals surface area contributed by atoms with Crippen molar-refractivity contribution in [3.05, 3.63) is 181 Å². The third kappa shape index (κ3) is 5.32. The summed E-state index contributed by atoms with van der Waals surface area (Å²) in [6.45, 7) is 0. The summed E-state index contributed by atoms with van der Waals surface area (Å²) in [5, 5.41) is 7.17. The van der Waals surface area contributed by atoms with E-state index in [2.05, 4.69) is 146 Å². The summed E-state index contributed by atoms with van der Waals surface area (Å²) in [4.78, 5) is 15.5. The summed E-state index contributed by atoms with van der Waals surface area (Å²) < 4.78 is 9.24. The van der Waals surface area contributed by atoms with Crippen LogP contribution in [-0.4, -0.2) is 15.0 Å². The number of furan rings is 1. The molecule has 1 aliphatic rings. The molecule has 4 nitrogen and oxygen atoms in total. The van der Waals surface area contributed by atoms with Crippen LogP contribution in [0.15, 0.2) is 174 Å². The number of fused-ring (bicyclic) bond motifs is 9. The number of thiophene rings is 1. The highest BCUT2D eigenvalue weighted by Gasteiger charge is 2.20. The van der Waals surface area contributed by atoms with Crippen LogP contribution in [0.1, 0.15) is 17.5 Å². The minimum Gasteiger partial charge on any atom is -0.456 e. The molecule has 11 aromatic rings. The van der Waals surface area contributed by atoms with E-state index in [0.717, 1.165) is 62.6 Å². The number of nitrogens with zero attached hydrogens (tertiary/aromatic N) is 3. The highest BCUT2D eigenvalue weighted by Crippen LogP contribution is 2.43. The van der Waals surface area contributed by atoms with Crippen molar-refractivity contribution in [2.75, 3.05) is 0 Å². The predicted octanol–water partition coefficient (Wildman–Crippen LogP) is 14.6. The van der Waals surface area contributed by atoms with Crippen LogP contribution >= 0.6 is 11.3 Å². The van der Waals surface area contributed by atoms with Gasteiger partial charge in [-0.3, -0.25) is 0 Å². The van der Waals surface area contributed by atoms with E-state index in [1.54, 1.807) is 0 Å². The van der Waals surface area contributed by atoms with Crippen LogP contribution in [0.2, 0.25) is 0 Å². The fourth-order valence-electron chi connectivity index (χ4n) is 8.88. The summed E-state index contributed by atoms with van der Waals surface area (Å²) in [7, 11) is 0. The van der Waals surface area contributed by atoms with Crippen molar-refractivity contribution in [3.8, 4) is 56.4 Å². The standard InChI is InChI=1S/C53H33N3OS/c1-2-13-32(14-3-1)51-54-52(36-17-10-16-33(29-36)38-22-11-23-42-41-21-8-9-26-48(41)58-50(38)42)56-53(55-51)44-24-12-25-46-49(44)43-28-27-35(31-47(43)57-46)45-30-34-15-4-5-18-37(34)39-19-6-7-20-40(39)45/h1-4,6-17,19-31H,5,18H2. The zero-order chi connectivity index (χ0) is 38.2. The van der Waals surface area contributed by atoms with Gasteiger partial charge in [0.2, 0.25) is 0 Å². The van der Waals surface area contributed by atoms with Crippen molar-refractivity contribution in [2.45, 2.75) is 12.8 Å². The fourth-order valence-corrected chi connectivity index (χ4v) is 10.1. The SMILES string of the molecule is C1=Cc2cc(-c3ccc4c(c3)oc3cccc(-c5nc(-c6ccccc6)nc(-c6cccc(-c7cccc8c7sc7ccccc78)c6)n5)c34)c3ccccc3c2CC1. The maximum atomic E-state index is 6.67. The molecule has 5 heteroatoms. The van der Waals surface area contributed by atoms with E-state index in [1.807, 2.05) is 41.7 Å². The number of rotatable bonds is 5. The summed E-state index contributed by atoms with van der Waals surface area (Å²) >= 11 is 1.84. The third-order valence-electron chi connectivity index (χ3n) is 11.6. The summed E-state index contributed by atoms with van der Waals surface area (Å²) in [5.41, 5.74) is 11.8. The van der Waals surface area contributed by atoms with Gasteiger partial charge in [0, 0.05) is 47.6 Å². The Morgan fingerprint density at radius 3 is 2.05 bits per heavy atom. The average molecular weight is 760 g/mol. The monoisotopic (exact) mass is 759 g/mol. The molecule has 58 heavy (non-hydrogen) atoms. The van der Waals surface area contributed by atoms with Crippen molar-refractivity contribution >= 4 is 70.3 Å². The van der Waals surface area contributed by atoms with E-state index in [4.69, 9.17) is 19.4 Å². The lowest BCUT2D eigenvalue weighted by molar-refractivity contribution is 0.669. The van der Waals surface area contributed by atoms with Crippen LogP contribution in [-0.2, 0) is 6.42 Å². The van der Waals surface area contributed by atoms with Gasteiger partial charge in [0.1, 0.15) is 11.2 Å². The van der Waals surface area contributed by atoms with Gasteiger partial charge in [-0.05, 0) is 93.4 Å². The number of benzene rings is 8. The quantitative estimate of drug-likeness (QED) is 0.175. The molecule has 8 aromatic carbocycles. The third-order valence-corrected chi connectivity index (χ3v) is 12.8. The normalized spacial score (nSPS) is 12.6. The molecule has 0 saturated carbocycles. The number of hydrogen-bond donors (Lipinski definition) is 0. The fraction of sp³-hybridized carbons (Fsp3) is 0.0377. The van der Waals surface area contributed by atoms with E-state index in [1.165, 1.54) is 53.2 Å². The number of aromatic nitrogens is 3. The van der Waals surface area contributed by atoms with E-state index in [-0.39, 0.29) is 0 Å². The van der Waals surface area contributed by atoms with Gasteiger partial charge in [-0.2, -0.15) is 0 Å². The summed E-state index contributed by atoms with van der Waals surface area (Å²) in [5.74, 6) is 1.85. The largest absolute Gasteiger partial charge is 0.456 e. The second-order valence-corrected chi connectivity index (χ2v) is 16.1. The molecule has 0 amide bonds. The Balaban J connectivity index is 1.02. The Hall–Kier alpha value is -7.21. The maximum Gasteiger partial charge on any atom is 0.164 e. The van der Waals surface area contributed by atoms with E-state index < -0.39 is 0 Å². The van der Waals surface area contributed by atoms with Gasteiger partial charge in [0.05, 0.1) is 0 Å². The molecular formula is C53H33N3OS. The molecule has 0 atom stereocenters. The van der Waals surface area contributed by atoms with Gasteiger partial charge in [-0.15, -0.1) is 11.3 Å². The van der Waals surface area contributed by atoms with Gasteiger partial charge < -0.3 is 4.42 Å². The minimum atomic E-state index is 0.603. The van der Waals surface area contributed by atoms with Crippen molar-refractivity contribution in [1.82, 2.24) is 15.0 Å².